The fourth-order valence-corrected chi connectivity index (χ4v) is 5.85. The van der Waals surface area contributed by atoms with Crippen LogP contribution in [0.3, 0.4) is 0 Å². The van der Waals surface area contributed by atoms with Gasteiger partial charge >= 0.3 is 0 Å². The Morgan fingerprint density at radius 2 is 1.94 bits per heavy atom. The Morgan fingerprint density at radius 1 is 1.12 bits per heavy atom. The van der Waals surface area contributed by atoms with Gasteiger partial charge in [-0.1, -0.05) is 36.8 Å². The fraction of sp³-hybridized carbons (Fsp3) is 0.480. The minimum Gasteiger partial charge on any atom is -0.355 e. The first-order valence-electron chi connectivity index (χ1n) is 12.0. The lowest BCUT2D eigenvalue weighted by Gasteiger charge is -2.32. The van der Waals surface area contributed by atoms with E-state index in [-0.39, 0.29) is 17.4 Å². The summed E-state index contributed by atoms with van der Waals surface area (Å²) < 4.78 is 0.640. The second kappa shape index (κ2) is 10.1. The van der Waals surface area contributed by atoms with Gasteiger partial charge in [-0.3, -0.25) is 14.6 Å². The van der Waals surface area contributed by atoms with E-state index in [2.05, 4.69) is 20.1 Å². The molecule has 2 aliphatic rings. The highest BCUT2D eigenvalue weighted by molar-refractivity contribution is 7.17. The van der Waals surface area contributed by atoms with E-state index in [1.54, 1.807) is 0 Å². The molecule has 4 heterocycles. The van der Waals surface area contributed by atoms with Crippen molar-refractivity contribution in [1.29, 1.82) is 0 Å². The Morgan fingerprint density at radius 3 is 2.76 bits per heavy atom. The largest absolute Gasteiger partial charge is 0.355 e. The molecule has 0 radical (unpaired) electrons. The van der Waals surface area contributed by atoms with Gasteiger partial charge in [-0.25, -0.2) is 4.98 Å². The monoisotopic (exact) mass is 465 g/mol. The fourth-order valence-electron chi connectivity index (χ4n) is 4.94. The third-order valence-electron chi connectivity index (χ3n) is 6.77. The summed E-state index contributed by atoms with van der Waals surface area (Å²) in [6, 6.07) is 10.0. The van der Waals surface area contributed by atoms with Crippen molar-refractivity contribution in [3.8, 4) is 11.1 Å². The van der Waals surface area contributed by atoms with Crippen molar-refractivity contribution < 1.29 is 4.79 Å². The number of carbonyl (C=O) groups excluding carboxylic acids is 1. The van der Waals surface area contributed by atoms with E-state index < -0.39 is 0 Å². The van der Waals surface area contributed by atoms with Crippen LogP contribution >= 0.6 is 11.3 Å². The number of thiophene rings is 1. The average molecular weight is 466 g/mol. The number of rotatable bonds is 6. The Bertz CT molecular complexity index is 1150. The molecule has 1 atom stereocenters. The lowest BCUT2D eigenvalue weighted by Crippen LogP contribution is -2.45. The molecule has 3 aromatic rings. The first-order valence-corrected chi connectivity index (χ1v) is 12.9. The van der Waals surface area contributed by atoms with Crippen LogP contribution in [0.4, 0.5) is 5.95 Å². The number of piperidine rings is 2. The highest BCUT2D eigenvalue weighted by Crippen LogP contribution is 2.32. The molecule has 2 N–H and O–H groups in total. The van der Waals surface area contributed by atoms with Crippen LogP contribution in [-0.4, -0.2) is 60.0 Å². The maximum atomic E-state index is 12.8. The molecule has 2 fully saturated rings. The Labute approximate surface area is 197 Å². The van der Waals surface area contributed by atoms with Gasteiger partial charge in [-0.05, 0) is 44.3 Å². The molecule has 2 aliphatic heterocycles. The maximum Gasteiger partial charge on any atom is 0.270 e. The lowest BCUT2D eigenvalue weighted by atomic mass is 9.97. The van der Waals surface area contributed by atoms with Crippen LogP contribution in [0.15, 0.2) is 40.5 Å². The molecule has 1 unspecified atom stereocenters. The number of carbonyl (C=O) groups is 1. The molecule has 2 aromatic heterocycles. The summed E-state index contributed by atoms with van der Waals surface area (Å²) in [7, 11) is 0. The average Bonchev–Trinajstić information content (AvgIpc) is 3.30. The molecule has 0 aliphatic carbocycles. The minimum atomic E-state index is -0.115. The first-order chi connectivity index (χ1) is 16.2. The molecule has 7 nitrogen and oxygen atoms in total. The van der Waals surface area contributed by atoms with Crippen molar-refractivity contribution in [2.24, 2.45) is 5.92 Å². The molecule has 1 amide bonds. The summed E-state index contributed by atoms with van der Waals surface area (Å²) in [5.41, 5.74) is 2.65. The number of amides is 1. The molecular formula is C25H31N5O2S. The van der Waals surface area contributed by atoms with E-state index in [9.17, 15) is 9.59 Å². The van der Waals surface area contributed by atoms with E-state index in [1.165, 1.54) is 30.6 Å². The standard InChI is InChI=1S/C25H31N5O2S/c31-23(26-11-15-29-12-5-2-6-13-29)19-10-7-14-30(16-19)25-27-21-20(18-8-3-1-4-9-18)17-33-22(21)24(32)28-25/h1,3-4,8-9,17,19H,2,5-7,10-16H2,(H,26,31)(H,27,28,32). The predicted molar refractivity (Wildman–Crippen MR) is 134 cm³/mol. The normalized spacial score (nSPS) is 19.6. The number of fused-ring (bicyclic) bond motifs is 1. The minimum absolute atomic E-state index is 0.0860. The number of likely N-dealkylation sites (tertiary alicyclic amines) is 1. The number of aromatic nitrogens is 2. The number of anilines is 1. The second-order valence-corrected chi connectivity index (χ2v) is 9.94. The molecule has 5 rings (SSSR count). The molecule has 174 valence electrons. The van der Waals surface area contributed by atoms with Crippen molar-refractivity contribution in [2.45, 2.75) is 32.1 Å². The number of aromatic amines is 1. The molecule has 0 spiro atoms. The van der Waals surface area contributed by atoms with Gasteiger partial charge in [-0.15, -0.1) is 11.3 Å². The van der Waals surface area contributed by atoms with Crippen molar-refractivity contribution >= 4 is 33.4 Å². The Kier molecular flexibility index (Phi) is 6.73. The van der Waals surface area contributed by atoms with Crippen LogP contribution in [0.5, 0.6) is 0 Å². The number of benzene rings is 1. The summed E-state index contributed by atoms with van der Waals surface area (Å²) >= 11 is 1.42. The second-order valence-electron chi connectivity index (χ2n) is 9.06. The van der Waals surface area contributed by atoms with Crippen LogP contribution in [0.2, 0.25) is 0 Å². The van der Waals surface area contributed by atoms with Crippen LogP contribution in [0.1, 0.15) is 32.1 Å². The number of H-pyrrole nitrogens is 1. The summed E-state index contributed by atoms with van der Waals surface area (Å²) in [6.45, 7) is 5.27. The van der Waals surface area contributed by atoms with E-state index in [0.717, 1.165) is 55.7 Å². The third kappa shape index (κ3) is 4.96. The van der Waals surface area contributed by atoms with Gasteiger partial charge in [0, 0.05) is 37.1 Å². The van der Waals surface area contributed by atoms with Crippen molar-refractivity contribution in [2.75, 3.05) is 44.2 Å². The number of hydrogen-bond acceptors (Lipinski definition) is 6. The van der Waals surface area contributed by atoms with Gasteiger partial charge in [0.1, 0.15) is 4.70 Å². The van der Waals surface area contributed by atoms with Gasteiger partial charge in [-0.2, -0.15) is 0 Å². The Hall–Kier alpha value is -2.71. The summed E-state index contributed by atoms with van der Waals surface area (Å²) in [6.07, 6.45) is 5.61. The number of nitrogens with zero attached hydrogens (tertiary/aromatic N) is 3. The summed E-state index contributed by atoms with van der Waals surface area (Å²) in [5, 5.41) is 5.14. The van der Waals surface area contributed by atoms with Crippen molar-refractivity contribution in [3.63, 3.8) is 0 Å². The Balaban J connectivity index is 1.28. The van der Waals surface area contributed by atoms with Gasteiger partial charge in [0.25, 0.3) is 5.56 Å². The van der Waals surface area contributed by atoms with Crippen LogP contribution in [0.25, 0.3) is 21.3 Å². The van der Waals surface area contributed by atoms with Crippen LogP contribution in [0, 0.1) is 5.92 Å². The highest BCUT2D eigenvalue weighted by Gasteiger charge is 2.27. The zero-order chi connectivity index (χ0) is 22.6. The quantitative estimate of drug-likeness (QED) is 0.583. The molecule has 0 bridgehead atoms. The van der Waals surface area contributed by atoms with E-state index in [4.69, 9.17) is 4.98 Å². The first kappa shape index (κ1) is 22.1. The molecule has 2 saturated heterocycles. The van der Waals surface area contributed by atoms with E-state index >= 15 is 0 Å². The molecular weight excluding hydrogens is 434 g/mol. The highest BCUT2D eigenvalue weighted by atomic mass is 32.1. The van der Waals surface area contributed by atoms with E-state index in [0.29, 0.717) is 23.7 Å². The predicted octanol–water partition coefficient (Wildman–Crippen LogP) is 3.47. The third-order valence-corrected chi connectivity index (χ3v) is 7.73. The smallest absolute Gasteiger partial charge is 0.270 e. The molecule has 0 saturated carbocycles. The molecule has 1 aromatic carbocycles. The van der Waals surface area contributed by atoms with Crippen molar-refractivity contribution in [1.82, 2.24) is 20.2 Å². The molecule has 33 heavy (non-hydrogen) atoms. The van der Waals surface area contributed by atoms with E-state index in [1.807, 2.05) is 35.7 Å². The van der Waals surface area contributed by atoms with Crippen LogP contribution in [-0.2, 0) is 4.79 Å². The topological polar surface area (TPSA) is 81.3 Å². The lowest BCUT2D eigenvalue weighted by molar-refractivity contribution is -0.125. The van der Waals surface area contributed by atoms with Crippen molar-refractivity contribution in [3.05, 3.63) is 46.1 Å². The van der Waals surface area contributed by atoms with Gasteiger partial charge in [0.2, 0.25) is 11.9 Å². The summed E-state index contributed by atoms with van der Waals surface area (Å²) in [4.78, 5) is 38.0. The van der Waals surface area contributed by atoms with Gasteiger partial charge < -0.3 is 15.1 Å². The number of hydrogen-bond donors (Lipinski definition) is 2. The van der Waals surface area contributed by atoms with Gasteiger partial charge in [0.05, 0.1) is 11.4 Å². The zero-order valence-electron chi connectivity index (χ0n) is 18.9. The maximum absolute atomic E-state index is 12.8. The van der Waals surface area contributed by atoms with Gasteiger partial charge in [0.15, 0.2) is 0 Å². The number of nitrogens with one attached hydrogen (secondary N) is 2. The molecule has 8 heteroatoms. The SMILES string of the molecule is O=C(NCCN1CCCCC1)C1CCCN(c2nc3c(-c4ccccc4)csc3c(=O)[nH]2)C1. The zero-order valence-corrected chi connectivity index (χ0v) is 19.7. The summed E-state index contributed by atoms with van der Waals surface area (Å²) in [5.74, 6) is 0.590. The van der Waals surface area contributed by atoms with Crippen LogP contribution < -0.4 is 15.8 Å².